The van der Waals surface area contributed by atoms with Gasteiger partial charge in [0.25, 0.3) is 0 Å². The molecule has 0 saturated heterocycles. The Balaban J connectivity index is 1.08. The molecule has 51 heavy (non-hydrogen) atoms. The molecule has 0 N–H and O–H groups in total. The number of anilines is 3. The Labute approximate surface area is 297 Å². The van der Waals surface area contributed by atoms with Gasteiger partial charge in [0.05, 0.1) is 0 Å². The Kier molecular flexibility index (Phi) is 6.56. The summed E-state index contributed by atoms with van der Waals surface area (Å²) in [4.78, 5) is 2.35. The van der Waals surface area contributed by atoms with E-state index in [-0.39, 0.29) is 5.41 Å². The highest BCUT2D eigenvalue weighted by Crippen LogP contribution is 2.52. The number of nitrogens with zero attached hydrogens (tertiary/aromatic N) is 1. The van der Waals surface area contributed by atoms with Crippen molar-refractivity contribution < 1.29 is 4.42 Å². The van der Waals surface area contributed by atoms with Crippen LogP contribution in [0.1, 0.15) is 25.0 Å². The maximum Gasteiger partial charge on any atom is 0.143 e. The molecular formula is C49H35NO. The molecule has 1 aromatic heterocycles. The molecule has 242 valence electrons. The van der Waals surface area contributed by atoms with Gasteiger partial charge in [-0.1, -0.05) is 141 Å². The Morgan fingerprint density at radius 3 is 2.00 bits per heavy atom. The molecule has 0 spiro atoms. The molecule has 1 heterocycles. The number of para-hydroxylation sites is 1. The van der Waals surface area contributed by atoms with Crippen LogP contribution in [0, 0.1) is 0 Å². The van der Waals surface area contributed by atoms with Crippen molar-refractivity contribution in [2.75, 3.05) is 4.90 Å². The van der Waals surface area contributed by atoms with Gasteiger partial charge < -0.3 is 9.32 Å². The first-order valence-electron chi connectivity index (χ1n) is 17.7. The number of furan rings is 1. The van der Waals surface area contributed by atoms with Crippen LogP contribution in [0.5, 0.6) is 0 Å². The number of hydrogen-bond acceptors (Lipinski definition) is 2. The van der Waals surface area contributed by atoms with E-state index in [1.54, 1.807) is 0 Å². The van der Waals surface area contributed by atoms with Crippen LogP contribution in [0.2, 0.25) is 0 Å². The Morgan fingerprint density at radius 2 is 1.12 bits per heavy atom. The molecule has 0 aliphatic heterocycles. The number of fused-ring (bicyclic) bond motifs is 8. The Bertz CT molecular complexity index is 2770. The summed E-state index contributed by atoms with van der Waals surface area (Å²) in [7, 11) is 0. The molecule has 0 atom stereocenters. The SMILES string of the molecule is CC1(C)c2ccccc2-c2cccc(-c3ccc(N(c4ccccc4)c4cccc(-c5cccc6oc7c8ccccc8ccc7c56)c4)cc3)c21. The van der Waals surface area contributed by atoms with Gasteiger partial charge in [-0.25, -0.2) is 0 Å². The van der Waals surface area contributed by atoms with Crippen molar-refractivity contribution >= 4 is 49.8 Å². The van der Waals surface area contributed by atoms with E-state index >= 15 is 0 Å². The summed E-state index contributed by atoms with van der Waals surface area (Å²) in [6.07, 6.45) is 0. The van der Waals surface area contributed by atoms with Crippen LogP contribution >= 0.6 is 0 Å². The van der Waals surface area contributed by atoms with E-state index in [1.165, 1.54) is 38.8 Å². The van der Waals surface area contributed by atoms with Crippen LogP contribution in [-0.2, 0) is 5.41 Å². The fourth-order valence-corrected chi connectivity index (χ4v) is 8.51. The van der Waals surface area contributed by atoms with Crippen molar-refractivity contribution in [3.8, 4) is 33.4 Å². The zero-order valence-electron chi connectivity index (χ0n) is 28.6. The van der Waals surface area contributed by atoms with Gasteiger partial charge in [0, 0.05) is 38.6 Å². The van der Waals surface area contributed by atoms with Crippen LogP contribution in [0.15, 0.2) is 180 Å². The third kappa shape index (κ3) is 4.57. The van der Waals surface area contributed by atoms with E-state index in [2.05, 4.69) is 195 Å². The summed E-state index contributed by atoms with van der Waals surface area (Å²) in [5.74, 6) is 0. The van der Waals surface area contributed by atoms with Gasteiger partial charge in [0.2, 0.25) is 0 Å². The second-order valence-corrected chi connectivity index (χ2v) is 14.1. The first kappa shape index (κ1) is 29.5. The monoisotopic (exact) mass is 653 g/mol. The van der Waals surface area contributed by atoms with E-state index in [4.69, 9.17) is 4.42 Å². The lowest BCUT2D eigenvalue weighted by Gasteiger charge is -2.27. The molecule has 0 unspecified atom stereocenters. The quantitative estimate of drug-likeness (QED) is 0.184. The van der Waals surface area contributed by atoms with Crippen molar-refractivity contribution in [3.05, 3.63) is 187 Å². The first-order valence-corrected chi connectivity index (χ1v) is 17.7. The summed E-state index contributed by atoms with van der Waals surface area (Å²) in [6, 6.07) is 63.5. The lowest BCUT2D eigenvalue weighted by molar-refractivity contribution is 0.662. The van der Waals surface area contributed by atoms with E-state index < -0.39 is 0 Å². The van der Waals surface area contributed by atoms with E-state index in [1.807, 2.05) is 0 Å². The van der Waals surface area contributed by atoms with Gasteiger partial charge in [0.15, 0.2) is 0 Å². The van der Waals surface area contributed by atoms with E-state index in [0.717, 1.165) is 55.5 Å². The average Bonchev–Trinajstić information content (AvgIpc) is 3.69. The highest BCUT2D eigenvalue weighted by Gasteiger charge is 2.37. The molecular weight excluding hydrogens is 619 g/mol. The number of rotatable bonds is 5. The van der Waals surface area contributed by atoms with Crippen LogP contribution in [0.4, 0.5) is 17.1 Å². The highest BCUT2D eigenvalue weighted by molar-refractivity contribution is 6.19. The van der Waals surface area contributed by atoms with Crippen molar-refractivity contribution in [1.29, 1.82) is 0 Å². The predicted octanol–water partition coefficient (Wildman–Crippen LogP) is 13.8. The predicted molar refractivity (Wildman–Crippen MR) is 214 cm³/mol. The summed E-state index contributed by atoms with van der Waals surface area (Å²) in [5.41, 5.74) is 15.4. The van der Waals surface area contributed by atoms with Gasteiger partial charge in [-0.3, -0.25) is 0 Å². The van der Waals surface area contributed by atoms with Gasteiger partial charge in [0.1, 0.15) is 11.2 Å². The average molecular weight is 654 g/mol. The van der Waals surface area contributed by atoms with Gasteiger partial charge in [-0.2, -0.15) is 0 Å². The zero-order valence-corrected chi connectivity index (χ0v) is 28.6. The minimum Gasteiger partial charge on any atom is -0.455 e. The second-order valence-electron chi connectivity index (χ2n) is 14.1. The second kappa shape index (κ2) is 11.3. The fourth-order valence-electron chi connectivity index (χ4n) is 8.51. The summed E-state index contributed by atoms with van der Waals surface area (Å²) >= 11 is 0. The van der Waals surface area contributed by atoms with Crippen LogP contribution < -0.4 is 4.90 Å². The molecule has 2 heteroatoms. The Hall–Kier alpha value is -6.38. The fraction of sp³-hybridized carbons (Fsp3) is 0.0612. The number of benzene rings is 8. The zero-order chi connectivity index (χ0) is 34.1. The van der Waals surface area contributed by atoms with Gasteiger partial charge in [-0.15, -0.1) is 0 Å². The molecule has 0 amide bonds. The van der Waals surface area contributed by atoms with Crippen LogP contribution in [0.25, 0.3) is 66.1 Å². The molecule has 8 aromatic carbocycles. The van der Waals surface area contributed by atoms with Gasteiger partial charge >= 0.3 is 0 Å². The van der Waals surface area contributed by atoms with Crippen molar-refractivity contribution in [2.24, 2.45) is 0 Å². The lowest BCUT2D eigenvalue weighted by atomic mass is 9.79. The van der Waals surface area contributed by atoms with E-state index in [9.17, 15) is 0 Å². The molecule has 2 nitrogen and oxygen atoms in total. The highest BCUT2D eigenvalue weighted by atomic mass is 16.3. The molecule has 1 aliphatic rings. The number of hydrogen-bond donors (Lipinski definition) is 0. The summed E-state index contributed by atoms with van der Waals surface area (Å²) in [6.45, 7) is 4.71. The molecule has 0 bridgehead atoms. The summed E-state index contributed by atoms with van der Waals surface area (Å²) < 4.78 is 6.54. The minimum atomic E-state index is -0.0754. The molecule has 0 saturated carbocycles. The smallest absolute Gasteiger partial charge is 0.143 e. The summed E-state index contributed by atoms with van der Waals surface area (Å²) in [5, 5.41) is 4.60. The molecule has 0 radical (unpaired) electrons. The molecule has 10 rings (SSSR count). The van der Waals surface area contributed by atoms with Crippen LogP contribution in [0.3, 0.4) is 0 Å². The molecule has 1 aliphatic carbocycles. The van der Waals surface area contributed by atoms with Gasteiger partial charge in [-0.05, 0) is 98.4 Å². The molecule has 9 aromatic rings. The molecule has 0 fully saturated rings. The maximum absolute atomic E-state index is 6.54. The topological polar surface area (TPSA) is 16.4 Å². The van der Waals surface area contributed by atoms with Crippen molar-refractivity contribution in [2.45, 2.75) is 19.3 Å². The minimum absolute atomic E-state index is 0.0754. The standard InChI is InChI=1S/C49H35NO/c1-49(2)44-23-9-8-19-41(44)42-22-11-21-39(47(42)49)33-25-28-36(29-26-33)50(35-15-4-3-5-16-35)37-17-10-14-34(31-37)38-20-12-24-45-46(38)43-30-27-32-13-6-7-18-40(32)48(43)51-45/h3-31H,1-2H3. The van der Waals surface area contributed by atoms with Crippen molar-refractivity contribution in [1.82, 2.24) is 0 Å². The maximum atomic E-state index is 6.54. The first-order chi connectivity index (χ1) is 25.1. The lowest BCUT2D eigenvalue weighted by Crippen LogP contribution is -2.16. The Morgan fingerprint density at radius 1 is 0.451 bits per heavy atom. The normalized spacial score (nSPS) is 13.1. The van der Waals surface area contributed by atoms with Crippen LogP contribution in [-0.4, -0.2) is 0 Å². The largest absolute Gasteiger partial charge is 0.455 e. The third-order valence-corrected chi connectivity index (χ3v) is 10.8. The third-order valence-electron chi connectivity index (χ3n) is 10.8. The van der Waals surface area contributed by atoms with E-state index in [0.29, 0.717) is 0 Å². The van der Waals surface area contributed by atoms with Crippen molar-refractivity contribution in [3.63, 3.8) is 0 Å².